The van der Waals surface area contributed by atoms with Crippen LogP contribution in [-0.4, -0.2) is 75.2 Å². The Kier molecular flexibility index (Phi) is 8.81. The molecule has 5 atom stereocenters. The molecule has 0 aliphatic carbocycles. The van der Waals surface area contributed by atoms with Crippen LogP contribution in [0.5, 0.6) is 0 Å². The Morgan fingerprint density at radius 2 is 1.10 bits per heavy atom. The van der Waals surface area contributed by atoms with Crippen LogP contribution in [0.15, 0.2) is 0 Å². The van der Waals surface area contributed by atoms with Gasteiger partial charge in [0.2, 0.25) is 0 Å². The summed E-state index contributed by atoms with van der Waals surface area (Å²) in [7, 11) is -7.63. The highest BCUT2D eigenvalue weighted by molar-refractivity contribution is 6.71. The Morgan fingerprint density at radius 3 is 1.48 bits per heavy atom. The average Bonchev–Trinajstić information content (AvgIpc) is 2.39. The minimum absolute atomic E-state index is 0.341. The van der Waals surface area contributed by atoms with Gasteiger partial charge in [-0.1, -0.05) is 0 Å². The Balaban J connectivity index is 3.39. The van der Waals surface area contributed by atoms with E-state index < -0.39 is 57.4 Å². The van der Waals surface area contributed by atoms with Crippen molar-refractivity contribution in [2.45, 2.75) is 116 Å². The monoisotopic (exact) mass is 482 g/mol. The van der Waals surface area contributed by atoms with Gasteiger partial charge in [-0.05, 0) is 85.5 Å². The first kappa shape index (κ1) is 27.7. The van der Waals surface area contributed by atoms with Gasteiger partial charge >= 0.3 is 0 Å². The quantitative estimate of drug-likeness (QED) is 0.484. The smallest absolute Gasteiger partial charge is 0.191 e. The Hall–Kier alpha value is 0.628. The van der Waals surface area contributed by atoms with Crippen LogP contribution in [0.25, 0.3) is 0 Å². The number of aliphatic hydroxyl groups is 1. The standard InChI is InChI=1S/C19H46O6Si4/c1-19(20)18(25-29(11,12)13)17(24-28(8,9)10)16(23-27(5,6)7)15(22-19)14-21-26(2,3)4/h15-18,20H,14H2,1-13H3/t15?,16-,17+,18-,19+/m1/s1. The van der Waals surface area contributed by atoms with E-state index >= 15 is 0 Å². The fourth-order valence-electron chi connectivity index (χ4n) is 3.24. The first-order valence-corrected chi connectivity index (χ1v) is 24.3. The van der Waals surface area contributed by atoms with E-state index in [0.717, 1.165) is 0 Å². The molecular weight excluding hydrogens is 437 g/mol. The molecule has 1 aliphatic rings. The molecule has 0 aromatic rings. The van der Waals surface area contributed by atoms with Crippen LogP contribution in [-0.2, 0) is 22.4 Å². The molecule has 0 amide bonds. The highest BCUT2D eigenvalue weighted by Gasteiger charge is 2.56. The topological polar surface area (TPSA) is 66.4 Å². The molecule has 0 aromatic heterocycles. The van der Waals surface area contributed by atoms with E-state index in [9.17, 15) is 5.11 Å². The van der Waals surface area contributed by atoms with Crippen LogP contribution in [0.2, 0.25) is 78.6 Å². The highest BCUT2D eigenvalue weighted by atomic mass is 28.4. The minimum Gasteiger partial charge on any atom is -0.415 e. The zero-order valence-corrected chi connectivity index (χ0v) is 25.0. The lowest BCUT2D eigenvalue weighted by atomic mass is 9.94. The van der Waals surface area contributed by atoms with Crippen molar-refractivity contribution < 1.29 is 27.5 Å². The Bertz CT molecular complexity index is 531. The van der Waals surface area contributed by atoms with Gasteiger partial charge in [-0.2, -0.15) is 0 Å². The molecule has 1 fully saturated rings. The van der Waals surface area contributed by atoms with E-state index in [1.165, 1.54) is 0 Å². The molecule has 1 aliphatic heterocycles. The van der Waals surface area contributed by atoms with E-state index in [0.29, 0.717) is 6.61 Å². The van der Waals surface area contributed by atoms with Crippen molar-refractivity contribution in [1.82, 2.24) is 0 Å². The molecule has 1 N–H and O–H groups in total. The molecule has 0 radical (unpaired) electrons. The predicted molar refractivity (Wildman–Crippen MR) is 129 cm³/mol. The summed E-state index contributed by atoms with van der Waals surface area (Å²) < 4.78 is 32.1. The molecule has 1 unspecified atom stereocenters. The molecule has 0 bridgehead atoms. The normalized spacial score (nSPS) is 32.5. The minimum atomic E-state index is -1.98. The van der Waals surface area contributed by atoms with E-state index in [4.69, 9.17) is 22.4 Å². The van der Waals surface area contributed by atoms with Gasteiger partial charge in [0.05, 0.1) is 6.61 Å². The molecule has 174 valence electrons. The van der Waals surface area contributed by atoms with Gasteiger partial charge in [0, 0.05) is 0 Å². The number of ether oxygens (including phenoxy) is 1. The number of hydrogen-bond acceptors (Lipinski definition) is 6. The molecule has 6 nitrogen and oxygen atoms in total. The van der Waals surface area contributed by atoms with Gasteiger partial charge in [-0.15, -0.1) is 0 Å². The molecule has 0 saturated carbocycles. The maximum absolute atomic E-state index is 11.3. The lowest BCUT2D eigenvalue weighted by molar-refractivity contribution is -0.331. The van der Waals surface area contributed by atoms with Gasteiger partial charge in [0.1, 0.15) is 24.4 Å². The lowest BCUT2D eigenvalue weighted by Gasteiger charge is -2.53. The second kappa shape index (κ2) is 9.24. The van der Waals surface area contributed by atoms with Crippen molar-refractivity contribution in [2.24, 2.45) is 0 Å². The molecule has 1 rings (SSSR count). The van der Waals surface area contributed by atoms with Crippen molar-refractivity contribution in [2.75, 3.05) is 6.61 Å². The van der Waals surface area contributed by atoms with Crippen LogP contribution in [0.4, 0.5) is 0 Å². The van der Waals surface area contributed by atoms with Crippen molar-refractivity contribution in [1.29, 1.82) is 0 Å². The van der Waals surface area contributed by atoms with Gasteiger partial charge in [-0.25, -0.2) is 0 Å². The summed E-state index contributed by atoms with van der Waals surface area (Å²) in [5.41, 5.74) is 0. The Labute approximate surface area is 183 Å². The third kappa shape index (κ3) is 10.2. The van der Waals surface area contributed by atoms with Crippen molar-refractivity contribution in [3.05, 3.63) is 0 Å². The Morgan fingerprint density at radius 1 is 0.690 bits per heavy atom. The summed E-state index contributed by atoms with van der Waals surface area (Å²) >= 11 is 0. The summed E-state index contributed by atoms with van der Waals surface area (Å²) in [5.74, 6) is -1.47. The van der Waals surface area contributed by atoms with Crippen molar-refractivity contribution in [3.63, 3.8) is 0 Å². The summed E-state index contributed by atoms with van der Waals surface area (Å²) in [6, 6.07) is 0. The second-order valence-corrected chi connectivity index (χ2v) is 30.1. The summed E-state index contributed by atoms with van der Waals surface area (Å²) in [6.45, 7) is 27.8. The predicted octanol–water partition coefficient (Wildman–Crippen LogP) is 4.61. The van der Waals surface area contributed by atoms with E-state index in [1.54, 1.807) is 6.92 Å². The van der Waals surface area contributed by atoms with E-state index in [-0.39, 0.29) is 6.10 Å². The van der Waals surface area contributed by atoms with E-state index in [1.807, 2.05) is 0 Å². The van der Waals surface area contributed by atoms with Crippen LogP contribution >= 0.6 is 0 Å². The zero-order valence-electron chi connectivity index (χ0n) is 21.0. The lowest BCUT2D eigenvalue weighted by Crippen LogP contribution is -2.70. The first-order valence-electron chi connectivity index (χ1n) is 10.7. The van der Waals surface area contributed by atoms with Crippen molar-refractivity contribution >= 4 is 33.3 Å². The summed E-state index contributed by atoms with van der Waals surface area (Å²) in [4.78, 5) is 0. The molecule has 1 heterocycles. The summed E-state index contributed by atoms with van der Waals surface area (Å²) in [5, 5.41) is 11.3. The highest BCUT2D eigenvalue weighted by Crippen LogP contribution is 2.37. The molecule has 0 aromatic carbocycles. The van der Waals surface area contributed by atoms with Crippen molar-refractivity contribution in [3.8, 4) is 0 Å². The maximum atomic E-state index is 11.3. The van der Waals surface area contributed by atoms with Crippen LogP contribution < -0.4 is 0 Å². The molecule has 29 heavy (non-hydrogen) atoms. The van der Waals surface area contributed by atoms with Crippen LogP contribution in [0, 0.1) is 0 Å². The van der Waals surface area contributed by atoms with Crippen LogP contribution in [0.3, 0.4) is 0 Å². The van der Waals surface area contributed by atoms with Crippen LogP contribution in [0.1, 0.15) is 6.92 Å². The third-order valence-corrected chi connectivity index (χ3v) is 8.00. The largest absolute Gasteiger partial charge is 0.415 e. The SMILES string of the molecule is C[C@]1(O)OC(CO[Si](C)(C)C)[C@@H](O[Si](C)(C)C)[C@H](O[Si](C)(C)C)[C@H]1O[Si](C)(C)C. The van der Waals surface area contributed by atoms with Gasteiger partial charge in [0.25, 0.3) is 0 Å². The molecule has 0 spiro atoms. The fraction of sp³-hybridized carbons (Fsp3) is 1.00. The van der Waals surface area contributed by atoms with E-state index in [2.05, 4.69) is 78.6 Å². The fourth-order valence-corrected chi connectivity index (χ4v) is 7.19. The average molecular weight is 483 g/mol. The number of hydrogen-bond donors (Lipinski definition) is 1. The van der Waals surface area contributed by atoms with Gasteiger partial charge in [-0.3, -0.25) is 0 Å². The third-order valence-electron chi connectivity index (χ3n) is 4.05. The zero-order chi connectivity index (χ0) is 23.1. The number of rotatable bonds is 9. The molecule has 1 saturated heterocycles. The maximum Gasteiger partial charge on any atom is 0.191 e. The summed E-state index contributed by atoms with van der Waals surface area (Å²) in [6.07, 6.45) is -1.76. The first-order chi connectivity index (χ1) is 12.6. The molecular formula is C19H46O6Si4. The second-order valence-electron chi connectivity index (χ2n) is 12.2. The molecule has 10 heteroatoms. The van der Waals surface area contributed by atoms with Gasteiger partial charge in [0.15, 0.2) is 39.1 Å². The van der Waals surface area contributed by atoms with Gasteiger partial charge < -0.3 is 27.5 Å².